The quantitative estimate of drug-likeness (QED) is 0.280. The summed E-state index contributed by atoms with van der Waals surface area (Å²) < 4.78 is 69.1. The fourth-order valence-electron chi connectivity index (χ4n) is 1.26. The molecule has 0 spiro atoms. The fourth-order valence-corrected chi connectivity index (χ4v) is 1.26. The lowest BCUT2D eigenvalue weighted by molar-refractivity contribution is -0.140. The Morgan fingerprint density at radius 3 is 1.74 bits per heavy atom. The summed E-state index contributed by atoms with van der Waals surface area (Å²) in [7, 11) is 0. The summed E-state index contributed by atoms with van der Waals surface area (Å²) in [6.45, 7) is 0.510. The van der Waals surface area contributed by atoms with Crippen LogP contribution in [-0.2, 0) is 9.53 Å². The summed E-state index contributed by atoms with van der Waals surface area (Å²) in [5.74, 6) is -13.2. The summed E-state index contributed by atoms with van der Waals surface area (Å²) in [6, 6.07) is 0. The van der Waals surface area contributed by atoms with E-state index in [0.717, 1.165) is 6.92 Å². The smallest absolute Gasteiger partial charge is 0.302 e. The third-order valence-corrected chi connectivity index (χ3v) is 2.12. The van der Waals surface area contributed by atoms with Gasteiger partial charge in [0.1, 0.15) is 0 Å². The minimum atomic E-state index is -2.34. The van der Waals surface area contributed by atoms with E-state index in [1.807, 2.05) is 0 Å². The highest BCUT2D eigenvalue weighted by atomic mass is 19.2. The first-order valence-electron chi connectivity index (χ1n) is 4.95. The van der Waals surface area contributed by atoms with Crippen molar-refractivity contribution in [1.82, 2.24) is 0 Å². The molecule has 0 amide bonds. The molecular formula is C11H7F5O3. The molecule has 0 fully saturated rings. The molecule has 0 saturated heterocycles. The second-order valence-electron chi connectivity index (χ2n) is 3.46. The van der Waals surface area contributed by atoms with E-state index >= 15 is 0 Å². The topological polar surface area (TPSA) is 43.4 Å². The molecular weight excluding hydrogens is 275 g/mol. The molecule has 0 radical (unpaired) electrons. The van der Waals surface area contributed by atoms with Crippen LogP contribution >= 0.6 is 0 Å². The summed E-state index contributed by atoms with van der Waals surface area (Å²) in [5, 5.41) is 0. The average molecular weight is 282 g/mol. The molecule has 0 aliphatic carbocycles. The van der Waals surface area contributed by atoms with Crippen molar-refractivity contribution in [3.8, 4) is 0 Å². The Kier molecular flexibility index (Phi) is 4.57. The molecule has 0 N–H and O–H groups in total. The summed E-state index contributed by atoms with van der Waals surface area (Å²) in [6.07, 6.45) is -0.696. The summed E-state index contributed by atoms with van der Waals surface area (Å²) in [4.78, 5) is 21.8. The molecule has 0 aromatic heterocycles. The number of Topliss-reactive ketones (excluding diaryl/α,β-unsaturated/α-hetero) is 1. The first-order chi connectivity index (χ1) is 8.77. The normalized spacial score (nSPS) is 10.4. The molecule has 1 aromatic rings. The largest absolute Gasteiger partial charge is 0.465 e. The monoisotopic (exact) mass is 282 g/mol. The van der Waals surface area contributed by atoms with Gasteiger partial charge in [-0.1, -0.05) is 0 Å². The Bertz CT molecular complexity index is 513. The van der Waals surface area contributed by atoms with Crippen LogP contribution in [0.15, 0.2) is 0 Å². The van der Waals surface area contributed by atoms with Gasteiger partial charge in [-0.05, 0) is 0 Å². The number of ether oxygens (including phenoxy) is 1. The molecule has 0 bridgehead atoms. The molecule has 1 aromatic carbocycles. The van der Waals surface area contributed by atoms with E-state index < -0.39 is 59.4 Å². The van der Waals surface area contributed by atoms with E-state index in [1.165, 1.54) is 0 Å². The van der Waals surface area contributed by atoms with Gasteiger partial charge in [0.15, 0.2) is 29.1 Å². The number of halogens is 5. The van der Waals surface area contributed by atoms with Gasteiger partial charge in [-0.15, -0.1) is 0 Å². The van der Waals surface area contributed by atoms with E-state index in [0.29, 0.717) is 0 Å². The lowest BCUT2D eigenvalue weighted by atomic mass is 10.1. The van der Waals surface area contributed by atoms with Crippen molar-refractivity contribution in [1.29, 1.82) is 0 Å². The maximum absolute atomic E-state index is 13.2. The number of hydrogen-bond acceptors (Lipinski definition) is 3. The number of esters is 1. The SMILES string of the molecule is CC(=O)OCCC(=O)c1c(F)c(F)c(F)c(F)c1F. The highest BCUT2D eigenvalue weighted by molar-refractivity contribution is 5.96. The first kappa shape index (κ1) is 15.1. The average Bonchev–Trinajstić information content (AvgIpc) is 2.34. The van der Waals surface area contributed by atoms with Gasteiger partial charge in [0.25, 0.3) is 0 Å². The van der Waals surface area contributed by atoms with Crippen LogP contribution < -0.4 is 0 Å². The van der Waals surface area contributed by atoms with Crippen molar-refractivity contribution in [2.24, 2.45) is 0 Å². The van der Waals surface area contributed by atoms with Crippen molar-refractivity contribution in [3.05, 3.63) is 34.6 Å². The highest BCUT2D eigenvalue weighted by Crippen LogP contribution is 2.24. The number of ketones is 1. The molecule has 0 aliphatic rings. The Balaban J connectivity index is 3.07. The van der Waals surface area contributed by atoms with Gasteiger partial charge >= 0.3 is 5.97 Å². The van der Waals surface area contributed by atoms with Crippen LogP contribution in [0.4, 0.5) is 22.0 Å². The Labute approximate surface area is 104 Å². The van der Waals surface area contributed by atoms with E-state index in [2.05, 4.69) is 4.74 Å². The zero-order valence-corrected chi connectivity index (χ0v) is 9.53. The standard InChI is InChI=1S/C11H7F5O3/c1-4(17)19-3-2-5(18)6-7(12)9(14)11(16)10(15)8(6)13/h2-3H2,1H3. The van der Waals surface area contributed by atoms with E-state index in [-0.39, 0.29) is 0 Å². The molecule has 0 unspecified atom stereocenters. The lowest BCUT2D eigenvalue weighted by Crippen LogP contribution is -2.15. The summed E-state index contributed by atoms with van der Waals surface area (Å²) in [5.41, 5.74) is -1.54. The minimum Gasteiger partial charge on any atom is -0.465 e. The maximum Gasteiger partial charge on any atom is 0.302 e. The Hall–Kier alpha value is -1.99. The summed E-state index contributed by atoms with van der Waals surface area (Å²) >= 11 is 0. The van der Waals surface area contributed by atoms with Gasteiger partial charge in [0, 0.05) is 13.3 Å². The molecule has 0 saturated carbocycles. The number of hydrogen-bond donors (Lipinski definition) is 0. The number of carbonyl (C=O) groups is 2. The van der Waals surface area contributed by atoms with Crippen LogP contribution in [0, 0.1) is 29.1 Å². The molecule has 0 heterocycles. The molecule has 104 valence electrons. The Morgan fingerprint density at radius 2 is 1.32 bits per heavy atom. The van der Waals surface area contributed by atoms with Gasteiger partial charge in [-0.3, -0.25) is 9.59 Å². The zero-order chi connectivity index (χ0) is 14.7. The molecule has 19 heavy (non-hydrogen) atoms. The third-order valence-electron chi connectivity index (χ3n) is 2.12. The van der Waals surface area contributed by atoms with Crippen LogP contribution in [0.1, 0.15) is 23.7 Å². The first-order valence-corrected chi connectivity index (χ1v) is 4.95. The van der Waals surface area contributed by atoms with E-state index in [1.54, 1.807) is 0 Å². The van der Waals surface area contributed by atoms with Gasteiger partial charge in [0.2, 0.25) is 5.82 Å². The number of carbonyl (C=O) groups excluding carboxylic acids is 2. The van der Waals surface area contributed by atoms with Crippen molar-refractivity contribution in [2.75, 3.05) is 6.61 Å². The third kappa shape index (κ3) is 3.07. The molecule has 8 heteroatoms. The van der Waals surface area contributed by atoms with Crippen molar-refractivity contribution in [3.63, 3.8) is 0 Å². The van der Waals surface area contributed by atoms with Gasteiger partial charge in [-0.2, -0.15) is 0 Å². The van der Waals surface area contributed by atoms with Crippen molar-refractivity contribution in [2.45, 2.75) is 13.3 Å². The predicted molar refractivity (Wildman–Crippen MR) is 51.8 cm³/mol. The maximum atomic E-state index is 13.2. The minimum absolute atomic E-state index is 0.520. The second-order valence-corrected chi connectivity index (χ2v) is 3.46. The van der Waals surface area contributed by atoms with Gasteiger partial charge in [0.05, 0.1) is 12.2 Å². The van der Waals surface area contributed by atoms with Gasteiger partial charge < -0.3 is 4.74 Å². The van der Waals surface area contributed by atoms with Crippen LogP contribution in [0.5, 0.6) is 0 Å². The van der Waals surface area contributed by atoms with Crippen LogP contribution in [0.25, 0.3) is 0 Å². The predicted octanol–water partition coefficient (Wildman–Crippen LogP) is 2.52. The lowest BCUT2D eigenvalue weighted by Gasteiger charge is -2.07. The fraction of sp³-hybridized carbons (Fsp3) is 0.273. The zero-order valence-electron chi connectivity index (χ0n) is 9.53. The van der Waals surface area contributed by atoms with Crippen molar-refractivity contribution >= 4 is 11.8 Å². The molecule has 1 rings (SSSR count). The molecule has 0 aliphatic heterocycles. The second kappa shape index (κ2) is 5.77. The van der Waals surface area contributed by atoms with Crippen LogP contribution in [0.3, 0.4) is 0 Å². The van der Waals surface area contributed by atoms with E-state index in [4.69, 9.17) is 0 Å². The Morgan fingerprint density at radius 1 is 0.895 bits per heavy atom. The van der Waals surface area contributed by atoms with Gasteiger partial charge in [-0.25, -0.2) is 22.0 Å². The number of benzene rings is 1. The highest BCUT2D eigenvalue weighted by Gasteiger charge is 2.29. The van der Waals surface area contributed by atoms with E-state index in [9.17, 15) is 31.5 Å². The molecule has 0 atom stereocenters. The molecule has 3 nitrogen and oxygen atoms in total. The van der Waals surface area contributed by atoms with Crippen molar-refractivity contribution < 1.29 is 36.3 Å². The number of rotatable bonds is 4. The van der Waals surface area contributed by atoms with Crippen LogP contribution in [0.2, 0.25) is 0 Å². The van der Waals surface area contributed by atoms with Crippen LogP contribution in [-0.4, -0.2) is 18.4 Å².